The Labute approximate surface area is 91.9 Å². The van der Waals surface area contributed by atoms with Crippen LogP contribution in [-0.2, 0) is 19.3 Å². The van der Waals surface area contributed by atoms with Crippen LogP contribution in [0.4, 0.5) is 0 Å². The summed E-state index contributed by atoms with van der Waals surface area (Å²) in [5.74, 6) is 0. The smallest absolute Gasteiger partial charge is 0.0444 e. The van der Waals surface area contributed by atoms with Crippen molar-refractivity contribution in [1.82, 2.24) is 4.98 Å². The molecular formula is C14H17N. The molecule has 1 aromatic rings. The molecule has 15 heavy (non-hydrogen) atoms. The van der Waals surface area contributed by atoms with E-state index in [4.69, 9.17) is 0 Å². The molecule has 0 aliphatic carbocycles. The van der Waals surface area contributed by atoms with E-state index in [1.165, 1.54) is 11.1 Å². The second-order valence-corrected chi connectivity index (χ2v) is 3.42. The van der Waals surface area contributed by atoms with E-state index >= 15 is 0 Å². The van der Waals surface area contributed by atoms with Gasteiger partial charge in [-0.3, -0.25) is 4.98 Å². The lowest BCUT2D eigenvalue weighted by molar-refractivity contribution is 1.03. The Balaban J connectivity index is 3.01. The van der Waals surface area contributed by atoms with Gasteiger partial charge in [0, 0.05) is 18.3 Å². The lowest BCUT2D eigenvalue weighted by Gasteiger charge is -2.07. The molecule has 0 amide bonds. The molecule has 0 saturated heterocycles. The molecule has 1 heteroatoms. The number of pyridine rings is 1. The Bertz CT molecular complexity index is 364. The first-order valence-electron chi connectivity index (χ1n) is 5.11. The topological polar surface area (TPSA) is 12.9 Å². The molecular weight excluding hydrogens is 182 g/mol. The van der Waals surface area contributed by atoms with Crippen molar-refractivity contribution in [2.24, 2.45) is 0 Å². The van der Waals surface area contributed by atoms with Crippen LogP contribution < -0.4 is 0 Å². The zero-order valence-electron chi connectivity index (χ0n) is 9.08. The van der Waals surface area contributed by atoms with Gasteiger partial charge < -0.3 is 0 Å². The molecule has 0 N–H and O–H groups in total. The van der Waals surface area contributed by atoms with E-state index in [0.717, 1.165) is 25.0 Å². The maximum Gasteiger partial charge on any atom is 0.0444 e. The standard InChI is InChI=1S/C14H17N/c1-4-7-12-10-14(9-6-3)15-11-13(12)8-5-2/h4-6,10-11H,1-3,7-9H2. The van der Waals surface area contributed by atoms with Crippen LogP contribution in [-0.4, -0.2) is 4.98 Å². The third-order valence-electron chi connectivity index (χ3n) is 2.22. The number of rotatable bonds is 6. The Hall–Kier alpha value is -1.63. The number of allylic oxidation sites excluding steroid dienone is 3. The minimum Gasteiger partial charge on any atom is -0.261 e. The second-order valence-electron chi connectivity index (χ2n) is 3.42. The van der Waals surface area contributed by atoms with Crippen molar-refractivity contribution in [1.29, 1.82) is 0 Å². The molecule has 0 aliphatic rings. The predicted octanol–water partition coefficient (Wildman–Crippen LogP) is 3.27. The highest BCUT2D eigenvalue weighted by Crippen LogP contribution is 2.12. The number of hydrogen-bond acceptors (Lipinski definition) is 1. The van der Waals surface area contributed by atoms with E-state index < -0.39 is 0 Å². The normalized spacial score (nSPS) is 9.60. The van der Waals surface area contributed by atoms with Crippen molar-refractivity contribution in [3.8, 4) is 0 Å². The van der Waals surface area contributed by atoms with Crippen LogP contribution in [0.1, 0.15) is 16.8 Å². The zero-order chi connectivity index (χ0) is 11.1. The van der Waals surface area contributed by atoms with Gasteiger partial charge in [0.1, 0.15) is 0 Å². The van der Waals surface area contributed by atoms with Gasteiger partial charge in [-0.1, -0.05) is 18.2 Å². The van der Waals surface area contributed by atoms with Crippen molar-refractivity contribution < 1.29 is 0 Å². The molecule has 1 heterocycles. The third-order valence-corrected chi connectivity index (χ3v) is 2.22. The fourth-order valence-corrected chi connectivity index (χ4v) is 1.52. The Morgan fingerprint density at radius 1 is 0.933 bits per heavy atom. The van der Waals surface area contributed by atoms with Gasteiger partial charge in [-0.2, -0.15) is 0 Å². The van der Waals surface area contributed by atoms with Crippen molar-refractivity contribution in [3.05, 3.63) is 67.0 Å². The molecule has 0 radical (unpaired) electrons. The first-order valence-corrected chi connectivity index (χ1v) is 5.11. The average Bonchev–Trinajstić information content (AvgIpc) is 2.23. The molecule has 0 aromatic carbocycles. The minimum atomic E-state index is 0.818. The zero-order valence-corrected chi connectivity index (χ0v) is 9.08. The van der Waals surface area contributed by atoms with Crippen LogP contribution in [0.2, 0.25) is 0 Å². The molecule has 0 unspecified atom stereocenters. The monoisotopic (exact) mass is 199 g/mol. The lowest BCUT2D eigenvalue weighted by atomic mass is 10.0. The van der Waals surface area contributed by atoms with Crippen LogP contribution in [0.25, 0.3) is 0 Å². The van der Waals surface area contributed by atoms with E-state index in [1.807, 2.05) is 24.4 Å². The largest absolute Gasteiger partial charge is 0.261 e. The van der Waals surface area contributed by atoms with Gasteiger partial charge in [0.05, 0.1) is 0 Å². The van der Waals surface area contributed by atoms with E-state index in [-0.39, 0.29) is 0 Å². The van der Waals surface area contributed by atoms with Crippen LogP contribution >= 0.6 is 0 Å². The van der Waals surface area contributed by atoms with Crippen molar-refractivity contribution in [3.63, 3.8) is 0 Å². The molecule has 0 atom stereocenters. The first kappa shape index (κ1) is 11.4. The molecule has 0 fully saturated rings. The van der Waals surface area contributed by atoms with E-state index in [0.29, 0.717) is 0 Å². The number of aromatic nitrogens is 1. The Morgan fingerprint density at radius 3 is 2.13 bits per heavy atom. The number of nitrogens with zero attached hydrogens (tertiary/aromatic N) is 1. The highest BCUT2D eigenvalue weighted by atomic mass is 14.7. The summed E-state index contributed by atoms with van der Waals surface area (Å²) in [6, 6.07) is 2.13. The van der Waals surface area contributed by atoms with Gasteiger partial charge in [0.2, 0.25) is 0 Å². The summed E-state index contributed by atoms with van der Waals surface area (Å²) in [6.07, 6.45) is 10.2. The summed E-state index contributed by atoms with van der Waals surface area (Å²) in [4.78, 5) is 4.38. The molecule has 0 bridgehead atoms. The molecule has 78 valence electrons. The third kappa shape index (κ3) is 3.21. The van der Waals surface area contributed by atoms with Crippen molar-refractivity contribution in [2.75, 3.05) is 0 Å². The minimum absolute atomic E-state index is 0.818. The first-order chi connectivity index (χ1) is 7.31. The van der Waals surface area contributed by atoms with Crippen LogP contribution in [0.5, 0.6) is 0 Å². The van der Waals surface area contributed by atoms with Crippen LogP contribution in [0, 0.1) is 0 Å². The predicted molar refractivity (Wildman–Crippen MR) is 65.9 cm³/mol. The highest BCUT2D eigenvalue weighted by Gasteiger charge is 2.02. The van der Waals surface area contributed by atoms with E-state index in [2.05, 4.69) is 30.8 Å². The van der Waals surface area contributed by atoms with Gasteiger partial charge >= 0.3 is 0 Å². The highest BCUT2D eigenvalue weighted by molar-refractivity contribution is 5.30. The summed E-state index contributed by atoms with van der Waals surface area (Å²) >= 11 is 0. The summed E-state index contributed by atoms with van der Waals surface area (Å²) in [5, 5.41) is 0. The molecule has 0 spiro atoms. The lowest BCUT2D eigenvalue weighted by Crippen LogP contribution is -1.97. The van der Waals surface area contributed by atoms with E-state index in [1.54, 1.807) is 0 Å². The summed E-state index contributed by atoms with van der Waals surface area (Å²) in [7, 11) is 0. The van der Waals surface area contributed by atoms with Crippen molar-refractivity contribution >= 4 is 0 Å². The summed E-state index contributed by atoms with van der Waals surface area (Å²) in [6.45, 7) is 11.2. The second kappa shape index (κ2) is 5.97. The maximum atomic E-state index is 4.38. The van der Waals surface area contributed by atoms with Gasteiger partial charge in [0.15, 0.2) is 0 Å². The Morgan fingerprint density at radius 2 is 1.53 bits per heavy atom. The van der Waals surface area contributed by atoms with Gasteiger partial charge in [-0.05, 0) is 30.0 Å². The number of hydrogen-bond donors (Lipinski definition) is 0. The molecule has 0 saturated carbocycles. The van der Waals surface area contributed by atoms with Gasteiger partial charge in [0.25, 0.3) is 0 Å². The summed E-state index contributed by atoms with van der Waals surface area (Å²) < 4.78 is 0. The molecule has 1 nitrogen and oxygen atoms in total. The van der Waals surface area contributed by atoms with Crippen molar-refractivity contribution in [2.45, 2.75) is 19.3 Å². The van der Waals surface area contributed by atoms with Gasteiger partial charge in [-0.25, -0.2) is 0 Å². The summed E-state index contributed by atoms with van der Waals surface area (Å²) in [5.41, 5.74) is 3.59. The molecule has 1 rings (SSSR count). The molecule has 0 aliphatic heterocycles. The maximum absolute atomic E-state index is 4.38. The average molecular weight is 199 g/mol. The Kier molecular flexibility index (Phi) is 4.55. The quantitative estimate of drug-likeness (QED) is 0.641. The van der Waals surface area contributed by atoms with Crippen LogP contribution in [0.15, 0.2) is 50.2 Å². The van der Waals surface area contributed by atoms with Gasteiger partial charge in [-0.15, -0.1) is 19.7 Å². The molecule has 1 aromatic heterocycles. The van der Waals surface area contributed by atoms with Crippen LogP contribution in [0.3, 0.4) is 0 Å². The fraction of sp³-hybridized carbons (Fsp3) is 0.214. The fourth-order valence-electron chi connectivity index (χ4n) is 1.52. The SMILES string of the molecule is C=CCc1cc(CC=C)c(CC=C)cn1. The van der Waals surface area contributed by atoms with E-state index in [9.17, 15) is 0 Å².